The van der Waals surface area contributed by atoms with Crippen molar-refractivity contribution in [1.82, 2.24) is 9.97 Å². The van der Waals surface area contributed by atoms with Crippen LogP contribution in [0.4, 0.5) is 0 Å². The molecule has 0 aliphatic carbocycles. The lowest BCUT2D eigenvalue weighted by molar-refractivity contribution is 0.0692. The van der Waals surface area contributed by atoms with Crippen molar-refractivity contribution >= 4 is 29.1 Å². The van der Waals surface area contributed by atoms with Crippen LogP contribution in [0, 0.1) is 0 Å². The Kier molecular flexibility index (Phi) is 4.03. The minimum Gasteiger partial charge on any atom is -0.478 e. The summed E-state index contributed by atoms with van der Waals surface area (Å²) in [7, 11) is 0. The van der Waals surface area contributed by atoms with E-state index in [0.29, 0.717) is 10.8 Å². The van der Waals surface area contributed by atoms with Gasteiger partial charge in [0.2, 0.25) is 0 Å². The van der Waals surface area contributed by atoms with E-state index in [2.05, 4.69) is 9.97 Å². The molecule has 0 aliphatic rings. The lowest BCUT2D eigenvalue weighted by atomic mass is 10.3. The topological polar surface area (TPSA) is 76.2 Å². The van der Waals surface area contributed by atoms with Gasteiger partial charge in [-0.2, -0.15) is 0 Å². The number of hydrogen-bond acceptors (Lipinski definition) is 6. The van der Waals surface area contributed by atoms with Crippen molar-refractivity contribution in [2.75, 3.05) is 0 Å². The van der Waals surface area contributed by atoms with Crippen LogP contribution in [0.25, 0.3) is 10.8 Å². The highest BCUT2D eigenvalue weighted by atomic mass is 32.2. The van der Waals surface area contributed by atoms with Gasteiger partial charge < -0.3 is 9.52 Å². The first kappa shape index (κ1) is 13.8. The van der Waals surface area contributed by atoms with Crippen LogP contribution in [0.2, 0.25) is 0 Å². The molecule has 7 heteroatoms. The average molecular weight is 318 g/mol. The molecular weight excluding hydrogens is 308 g/mol. The lowest BCUT2D eigenvalue weighted by Crippen LogP contribution is -2.00. The Balaban J connectivity index is 1.73. The number of pyridine rings is 1. The Morgan fingerprint density at radius 1 is 1.38 bits per heavy atom. The number of nitrogens with zero attached hydrogens (tertiary/aromatic N) is 2. The third kappa shape index (κ3) is 3.14. The van der Waals surface area contributed by atoms with Crippen LogP contribution in [-0.2, 0) is 5.75 Å². The van der Waals surface area contributed by atoms with Gasteiger partial charge in [-0.3, -0.25) is 0 Å². The summed E-state index contributed by atoms with van der Waals surface area (Å²) in [5, 5.41) is 12.4. The molecule has 1 N–H and O–H groups in total. The fourth-order valence-electron chi connectivity index (χ4n) is 1.70. The minimum atomic E-state index is -0.972. The molecule has 0 fully saturated rings. The highest BCUT2D eigenvalue weighted by molar-refractivity contribution is 7.98. The van der Waals surface area contributed by atoms with Crippen LogP contribution in [0.1, 0.15) is 16.1 Å². The van der Waals surface area contributed by atoms with E-state index < -0.39 is 5.97 Å². The molecule has 106 valence electrons. The number of aromatic carboxylic acids is 1. The van der Waals surface area contributed by atoms with Crippen molar-refractivity contribution < 1.29 is 14.3 Å². The van der Waals surface area contributed by atoms with Gasteiger partial charge in [0.25, 0.3) is 0 Å². The van der Waals surface area contributed by atoms with E-state index in [1.54, 1.807) is 24.6 Å². The predicted molar refractivity (Wildman–Crippen MR) is 80.6 cm³/mol. The predicted octanol–water partition coefficient (Wildman–Crippen LogP) is 3.79. The molecule has 0 saturated carbocycles. The number of carboxylic acids is 1. The molecule has 21 heavy (non-hydrogen) atoms. The van der Waals surface area contributed by atoms with E-state index in [1.165, 1.54) is 23.1 Å². The van der Waals surface area contributed by atoms with Gasteiger partial charge in [-0.1, -0.05) is 11.8 Å². The second-order valence-corrected chi connectivity index (χ2v) is 5.89. The van der Waals surface area contributed by atoms with Crippen LogP contribution in [-0.4, -0.2) is 21.0 Å². The third-order valence-electron chi connectivity index (χ3n) is 2.64. The number of hydrogen-bond donors (Lipinski definition) is 1. The van der Waals surface area contributed by atoms with Crippen molar-refractivity contribution in [3.05, 3.63) is 53.4 Å². The van der Waals surface area contributed by atoms with Gasteiger partial charge in [-0.05, 0) is 24.3 Å². The largest absolute Gasteiger partial charge is 0.478 e. The molecule has 0 bridgehead atoms. The van der Waals surface area contributed by atoms with Crippen molar-refractivity contribution in [2.45, 2.75) is 10.8 Å². The standard InChI is InChI=1S/C14H10N2O3S2/c17-14(18)10-3-1-5-15-12(10)20-7-9-8-21-13(16-9)11-4-2-6-19-11/h1-6,8H,7H2,(H,17,18). The molecule has 0 saturated heterocycles. The maximum Gasteiger partial charge on any atom is 0.338 e. The maximum absolute atomic E-state index is 11.1. The minimum absolute atomic E-state index is 0.212. The summed E-state index contributed by atoms with van der Waals surface area (Å²) in [6, 6.07) is 6.84. The van der Waals surface area contributed by atoms with E-state index in [-0.39, 0.29) is 5.56 Å². The molecule has 5 nitrogen and oxygen atoms in total. The Labute approximate surface area is 128 Å². The molecule has 3 aromatic rings. The molecule has 3 heterocycles. The number of carboxylic acid groups (broad SMARTS) is 1. The highest BCUT2D eigenvalue weighted by Crippen LogP contribution is 2.28. The fraction of sp³-hybridized carbons (Fsp3) is 0.0714. The van der Waals surface area contributed by atoms with Gasteiger partial charge in [0.1, 0.15) is 5.03 Å². The molecule has 0 aliphatic heterocycles. The summed E-state index contributed by atoms with van der Waals surface area (Å²) in [5.74, 6) is 0.328. The summed E-state index contributed by atoms with van der Waals surface area (Å²) in [6.45, 7) is 0. The van der Waals surface area contributed by atoms with Crippen molar-refractivity contribution in [3.8, 4) is 10.8 Å². The van der Waals surface area contributed by atoms with Gasteiger partial charge in [0.05, 0.1) is 17.5 Å². The summed E-state index contributed by atoms with van der Waals surface area (Å²) in [4.78, 5) is 19.7. The summed E-state index contributed by atoms with van der Waals surface area (Å²) >= 11 is 2.86. The van der Waals surface area contributed by atoms with Crippen LogP contribution >= 0.6 is 23.1 Å². The second kappa shape index (κ2) is 6.11. The number of rotatable bonds is 5. The Morgan fingerprint density at radius 3 is 3.05 bits per heavy atom. The van der Waals surface area contributed by atoms with E-state index in [4.69, 9.17) is 9.52 Å². The summed E-state index contributed by atoms with van der Waals surface area (Å²) in [5.41, 5.74) is 1.09. The van der Waals surface area contributed by atoms with Crippen molar-refractivity contribution in [1.29, 1.82) is 0 Å². The molecule has 3 aromatic heterocycles. The Morgan fingerprint density at radius 2 is 2.29 bits per heavy atom. The zero-order chi connectivity index (χ0) is 14.7. The van der Waals surface area contributed by atoms with E-state index >= 15 is 0 Å². The van der Waals surface area contributed by atoms with E-state index in [1.807, 2.05) is 17.5 Å². The number of thiazole rings is 1. The SMILES string of the molecule is O=C(O)c1cccnc1SCc1csc(-c2ccco2)n1. The fourth-order valence-corrected chi connectivity index (χ4v) is 3.47. The van der Waals surface area contributed by atoms with E-state index in [9.17, 15) is 4.79 Å². The molecule has 0 unspecified atom stereocenters. The van der Waals surface area contributed by atoms with Gasteiger partial charge in [-0.15, -0.1) is 11.3 Å². The molecule has 0 aromatic carbocycles. The number of furan rings is 1. The first-order valence-electron chi connectivity index (χ1n) is 6.03. The Bertz CT molecular complexity index is 753. The summed E-state index contributed by atoms with van der Waals surface area (Å²) in [6.07, 6.45) is 3.20. The van der Waals surface area contributed by atoms with Crippen LogP contribution < -0.4 is 0 Å². The van der Waals surface area contributed by atoms with Crippen molar-refractivity contribution in [2.24, 2.45) is 0 Å². The summed E-state index contributed by atoms with van der Waals surface area (Å²) < 4.78 is 5.30. The number of carbonyl (C=O) groups is 1. The maximum atomic E-state index is 11.1. The zero-order valence-corrected chi connectivity index (χ0v) is 12.4. The molecule has 0 amide bonds. The van der Waals surface area contributed by atoms with Crippen molar-refractivity contribution in [3.63, 3.8) is 0 Å². The molecule has 0 radical (unpaired) electrons. The molecular formula is C14H10N2O3S2. The molecule has 3 rings (SSSR count). The number of thioether (sulfide) groups is 1. The van der Waals surface area contributed by atoms with Gasteiger partial charge in [0, 0.05) is 17.3 Å². The van der Waals surface area contributed by atoms with E-state index in [0.717, 1.165) is 16.5 Å². The second-order valence-electron chi connectivity index (χ2n) is 4.07. The highest BCUT2D eigenvalue weighted by Gasteiger charge is 2.12. The van der Waals surface area contributed by atoms with Crippen LogP contribution in [0.3, 0.4) is 0 Å². The first-order chi connectivity index (χ1) is 10.2. The number of aromatic nitrogens is 2. The van der Waals surface area contributed by atoms with Gasteiger partial charge >= 0.3 is 5.97 Å². The molecule has 0 spiro atoms. The van der Waals surface area contributed by atoms with Gasteiger partial charge in [0.15, 0.2) is 10.8 Å². The monoisotopic (exact) mass is 318 g/mol. The van der Waals surface area contributed by atoms with Gasteiger partial charge in [-0.25, -0.2) is 14.8 Å². The molecule has 0 atom stereocenters. The smallest absolute Gasteiger partial charge is 0.338 e. The quantitative estimate of drug-likeness (QED) is 0.721. The first-order valence-corrected chi connectivity index (χ1v) is 7.90. The lowest BCUT2D eigenvalue weighted by Gasteiger charge is -2.02. The normalized spacial score (nSPS) is 10.7. The van der Waals surface area contributed by atoms with Crippen LogP contribution in [0.5, 0.6) is 0 Å². The average Bonchev–Trinajstić information content (AvgIpc) is 3.16. The zero-order valence-electron chi connectivity index (χ0n) is 10.7. The third-order valence-corrected chi connectivity index (χ3v) is 4.59. The van der Waals surface area contributed by atoms with Crippen LogP contribution in [0.15, 0.2) is 51.5 Å². The Hall–Kier alpha value is -2.12.